The van der Waals surface area contributed by atoms with Crippen molar-refractivity contribution in [1.29, 1.82) is 0 Å². The van der Waals surface area contributed by atoms with Crippen LogP contribution in [0.1, 0.15) is 19.3 Å². The Kier molecular flexibility index (Phi) is 7.43. The van der Waals surface area contributed by atoms with Crippen LogP contribution < -0.4 is 5.32 Å². The number of esters is 1. The van der Waals surface area contributed by atoms with Crippen molar-refractivity contribution in [1.82, 2.24) is 9.80 Å². The first kappa shape index (κ1) is 26.6. The fourth-order valence-corrected chi connectivity index (χ4v) is 7.41. The van der Waals surface area contributed by atoms with Crippen molar-refractivity contribution in [2.24, 2.45) is 0 Å². The van der Waals surface area contributed by atoms with Gasteiger partial charge >= 0.3 is 5.97 Å². The lowest BCUT2D eigenvalue weighted by Crippen LogP contribution is -2.51. The Bertz CT molecular complexity index is 1630. The predicted molar refractivity (Wildman–Crippen MR) is 155 cm³/mol. The third-order valence-corrected chi connectivity index (χ3v) is 9.77. The van der Waals surface area contributed by atoms with Crippen LogP contribution in [-0.2, 0) is 4.74 Å². The number of halogens is 2. The maximum Gasteiger partial charge on any atom is 0.349 e. The number of nitrogens with one attached hydrogen (secondary N) is 1. The molecule has 4 aromatic rings. The van der Waals surface area contributed by atoms with Gasteiger partial charge in [-0.1, -0.05) is 23.2 Å². The zero-order chi connectivity index (χ0) is 27.1. The van der Waals surface area contributed by atoms with Gasteiger partial charge in [-0.3, -0.25) is 14.9 Å². The molecular weight excluding hydrogens is 591 g/mol. The molecule has 9 nitrogen and oxygen atoms in total. The lowest BCUT2D eigenvalue weighted by molar-refractivity contribution is -0.384. The molecule has 38 heavy (non-hydrogen) atoms. The number of hydrogen-bond donors (Lipinski definition) is 1. The lowest BCUT2D eigenvalue weighted by atomic mass is 10.2. The van der Waals surface area contributed by atoms with Gasteiger partial charge < -0.3 is 19.9 Å². The van der Waals surface area contributed by atoms with Crippen LogP contribution in [0.4, 0.5) is 11.4 Å². The molecule has 1 aliphatic heterocycles. The van der Waals surface area contributed by atoms with E-state index in [1.807, 2.05) is 23.1 Å². The van der Waals surface area contributed by atoms with Crippen LogP contribution in [0, 0.1) is 10.1 Å². The van der Waals surface area contributed by atoms with E-state index in [1.165, 1.54) is 30.6 Å². The maximum atomic E-state index is 13.2. The molecule has 0 saturated carbocycles. The molecule has 0 atom stereocenters. The van der Waals surface area contributed by atoms with E-state index in [0.29, 0.717) is 61.2 Å². The van der Waals surface area contributed by atoms with Crippen LogP contribution in [0.2, 0.25) is 10.0 Å². The molecule has 3 heterocycles. The van der Waals surface area contributed by atoms with Gasteiger partial charge in [-0.2, -0.15) is 0 Å². The maximum absolute atomic E-state index is 13.2. The molecule has 0 bridgehead atoms. The van der Waals surface area contributed by atoms with Crippen molar-refractivity contribution in [2.75, 3.05) is 38.6 Å². The molecule has 1 fully saturated rings. The summed E-state index contributed by atoms with van der Waals surface area (Å²) in [6.45, 7) is 1.91. The average molecular weight is 610 g/mol. The summed E-state index contributed by atoms with van der Waals surface area (Å²) in [4.78, 5) is 40.2. The smallest absolute Gasteiger partial charge is 0.349 e. The quantitative estimate of drug-likeness (QED) is 0.125. The van der Waals surface area contributed by atoms with Crippen LogP contribution in [0.3, 0.4) is 0 Å². The van der Waals surface area contributed by atoms with Crippen LogP contribution in [0.15, 0.2) is 36.4 Å². The van der Waals surface area contributed by atoms with Crippen LogP contribution in [0.25, 0.3) is 20.2 Å². The van der Waals surface area contributed by atoms with E-state index in [9.17, 15) is 19.7 Å². The Hall–Kier alpha value is -3.03. The first-order chi connectivity index (χ1) is 18.2. The number of ether oxygens (including phenoxy) is 1. The fourth-order valence-electron chi connectivity index (χ4n) is 4.13. The molecular formula is C24H18Cl2N4O5S3. The molecule has 5 rings (SSSR count). The number of hydrogen-bond acceptors (Lipinski definition) is 8. The van der Waals surface area contributed by atoms with Gasteiger partial charge in [0.1, 0.15) is 9.75 Å². The summed E-state index contributed by atoms with van der Waals surface area (Å²) in [7, 11) is 1.31. The Morgan fingerprint density at radius 2 is 1.55 bits per heavy atom. The number of nitro groups is 1. The van der Waals surface area contributed by atoms with Crippen LogP contribution in [0.5, 0.6) is 0 Å². The van der Waals surface area contributed by atoms with E-state index in [0.717, 1.165) is 27.1 Å². The summed E-state index contributed by atoms with van der Waals surface area (Å²) in [5.41, 5.74) is 0.704. The number of anilines is 1. The topological polar surface area (TPSA) is 105 Å². The molecule has 2 aromatic heterocycles. The van der Waals surface area contributed by atoms with Gasteiger partial charge in [0.15, 0.2) is 5.11 Å². The highest BCUT2D eigenvalue weighted by Crippen LogP contribution is 2.39. The number of carbonyl (C=O) groups excluding carboxylic acids is 2. The first-order valence-electron chi connectivity index (χ1n) is 11.2. The van der Waals surface area contributed by atoms with E-state index >= 15 is 0 Å². The molecule has 0 radical (unpaired) electrons. The van der Waals surface area contributed by atoms with E-state index < -0.39 is 10.9 Å². The van der Waals surface area contributed by atoms with Crippen molar-refractivity contribution in [2.45, 2.75) is 0 Å². The van der Waals surface area contributed by atoms with Gasteiger partial charge in [-0.25, -0.2) is 4.79 Å². The van der Waals surface area contributed by atoms with E-state index in [-0.39, 0.29) is 11.6 Å². The lowest BCUT2D eigenvalue weighted by Gasteiger charge is -2.36. The highest BCUT2D eigenvalue weighted by Gasteiger charge is 2.27. The standard InChI is InChI=1S/C24H18Cl2N4O5S3/c1-35-23(32)21-19(26)14-4-2-12(10-16(14)38-21)27-24(36)29-8-6-28(7-9-29)22(31)20-18(25)15-5-3-13(30(33)34)11-17(15)37-20/h2-5,10-11H,6-9H2,1H3,(H,27,36). The fraction of sp³-hybridized carbons (Fsp3) is 0.208. The number of nitro benzene ring substituents is 1. The van der Waals surface area contributed by atoms with Gasteiger partial charge in [0.05, 0.1) is 22.1 Å². The highest BCUT2D eigenvalue weighted by atomic mass is 35.5. The summed E-state index contributed by atoms with van der Waals surface area (Å²) in [5.74, 6) is -0.689. The van der Waals surface area contributed by atoms with Crippen molar-refractivity contribution < 1.29 is 19.2 Å². The monoisotopic (exact) mass is 608 g/mol. The molecule has 1 N–H and O–H groups in total. The second kappa shape index (κ2) is 10.6. The van der Waals surface area contributed by atoms with E-state index in [2.05, 4.69) is 5.32 Å². The number of fused-ring (bicyclic) bond motifs is 2. The third kappa shape index (κ3) is 4.90. The number of piperazine rings is 1. The third-order valence-electron chi connectivity index (χ3n) is 6.12. The second-order valence-electron chi connectivity index (χ2n) is 8.34. The minimum Gasteiger partial charge on any atom is -0.465 e. The van der Waals surface area contributed by atoms with Crippen molar-refractivity contribution in [3.63, 3.8) is 0 Å². The zero-order valence-electron chi connectivity index (χ0n) is 19.7. The Labute approximate surface area is 239 Å². The number of benzene rings is 2. The summed E-state index contributed by atoms with van der Waals surface area (Å²) in [5, 5.41) is 16.9. The number of nitrogens with zero attached hydrogens (tertiary/aromatic N) is 3. The molecule has 196 valence electrons. The highest BCUT2D eigenvalue weighted by molar-refractivity contribution is 7.80. The SMILES string of the molecule is COC(=O)c1sc2cc(NC(=S)N3CCN(C(=O)c4sc5cc([N+](=O)[O-])ccc5c4Cl)CC3)ccc2c1Cl. The molecule has 14 heteroatoms. The molecule has 1 aliphatic rings. The molecule has 2 aromatic carbocycles. The molecule has 1 saturated heterocycles. The Morgan fingerprint density at radius 1 is 0.974 bits per heavy atom. The largest absolute Gasteiger partial charge is 0.465 e. The van der Waals surface area contributed by atoms with Gasteiger partial charge in [-0.15, -0.1) is 22.7 Å². The summed E-state index contributed by atoms with van der Waals surface area (Å²) in [6.07, 6.45) is 0. The van der Waals surface area contributed by atoms with Crippen LogP contribution in [-0.4, -0.2) is 65.0 Å². The van der Waals surface area contributed by atoms with E-state index in [4.69, 9.17) is 40.2 Å². The van der Waals surface area contributed by atoms with Gasteiger partial charge in [0, 0.05) is 64.2 Å². The Morgan fingerprint density at radius 3 is 2.21 bits per heavy atom. The molecule has 1 amide bonds. The molecule has 0 spiro atoms. The number of thiocarbonyl (C=S) groups is 1. The van der Waals surface area contributed by atoms with Crippen molar-refractivity contribution in [3.8, 4) is 0 Å². The first-order valence-corrected chi connectivity index (χ1v) is 14.0. The average Bonchev–Trinajstić information content (AvgIpc) is 3.43. The van der Waals surface area contributed by atoms with Crippen molar-refractivity contribution >= 4 is 107 Å². The number of non-ortho nitro benzene ring substituents is 1. The number of carbonyl (C=O) groups is 2. The summed E-state index contributed by atoms with van der Waals surface area (Å²) >= 11 is 20.8. The van der Waals surface area contributed by atoms with E-state index in [1.54, 1.807) is 11.0 Å². The minimum atomic E-state index is -0.480. The van der Waals surface area contributed by atoms with Gasteiger partial charge in [0.2, 0.25) is 0 Å². The summed E-state index contributed by atoms with van der Waals surface area (Å²) < 4.78 is 6.21. The molecule has 0 aliphatic carbocycles. The normalized spacial score (nSPS) is 13.7. The van der Waals surface area contributed by atoms with Crippen LogP contribution >= 0.6 is 58.1 Å². The molecule has 0 unspecified atom stereocenters. The number of methoxy groups -OCH3 is 1. The minimum absolute atomic E-state index is 0.0470. The number of thiophene rings is 2. The van der Waals surface area contributed by atoms with Gasteiger partial charge in [0.25, 0.3) is 11.6 Å². The summed E-state index contributed by atoms with van der Waals surface area (Å²) in [6, 6.07) is 9.92. The predicted octanol–water partition coefficient (Wildman–Crippen LogP) is 6.27. The number of amides is 1. The number of rotatable bonds is 4. The van der Waals surface area contributed by atoms with Gasteiger partial charge in [-0.05, 0) is 36.5 Å². The second-order valence-corrected chi connectivity index (χ2v) is 11.6. The Balaban J connectivity index is 1.24. The zero-order valence-corrected chi connectivity index (χ0v) is 23.6. The van der Waals surface area contributed by atoms with Crippen molar-refractivity contribution in [3.05, 3.63) is 66.3 Å².